The summed E-state index contributed by atoms with van der Waals surface area (Å²) in [6.07, 6.45) is 1.40. The van der Waals surface area contributed by atoms with E-state index in [0.29, 0.717) is 11.1 Å². The first-order valence-corrected chi connectivity index (χ1v) is 8.66. The number of aromatic nitrogens is 1. The molecule has 0 N–H and O–H groups in total. The third-order valence-electron chi connectivity index (χ3n) is 3.34. The van der Waals surface area contributed by atoms with E-state index in [1.165, 1.54) is 6.07 Å². The lowest BCUT2D eigenvalue weighted by Gasteiger charge is -2.17. The van der Waals surface area contributed by atoms with Crippen LogP contribution in [0.5, 0.6) is 11.6 Å². The highest BCUT2D eigenvalue weighted by Gasteiger charge is 2.48. The highest BCUT2D eigenvalue weighted by Crippen LogP contribution is 2.30. The van der Waals surface area contributed by atoms with Crippen molar-refractivity contribution in [2.75, 3.05) is 0 Å². The molecule has 0 radical (unpaired) electrons. The first kappa shape index (κ1) is 18.3. The smallest absolute Gasteiger partial charge is 0.488 e. The summed E-state index contributed by atoms with van der Waals surface area (Å²) in [5, 5.41) is 0.593. The molecule has 0 fully saturated rings. The molecule has 0 saturated heterocycles. The summed E-state index contributed by atoms with van der Waals surface area (Å²) in [6, 6.07) is 7.50. The largest absolute Gasteiger partial charge is 0.534 e. The van der Waals surface area contributed by atoms with Crippen molar-refractivity contribution in [3.05, 3.63) is 30.3 Å². The van der Waals surface area contributed by atoms with Crippen LogP contribution in [0.1, 0.15) is 26.7 Å². The van der Waals surface area contributed by atoms with Gasteiger partial charge in [0, 0.05) is 11.5 Å². The summed E-state index contributed by atoms with van der Waals surface area (Å²) >= 11 is 0. The van der Waals surface area contributed by atoms with Gasteiger partial charge in [0.1, 0.15) is 11.3 Å². The van der Waals surface area contributed by atoms with Crippen LogP contribution in [-0.4, -0.2) is 25.0 Å². The summed E-state index contributed by atoms with van der Waals surface area (Å²) < 4.78 is 69.3. The number of halogens is 3. The zero-order valence-corrected chi connectivity index (χ0v) is 13.8. The zero-order valence-electron chi connectivity index (χ0n) is 13.0. The topological polar surface area (TPSA) is 65.5 Å². The number of alkyl halides is 3. The fraction of sp³-hybridized carbons (Fsp3) is 0.400. The van der Waals surface area contributed by atoms with Crippen molar-refractivity contribution in [3.63, 3.8) is 0 Å². The molecule has 1 heterocycles. The Morgan fingerprint density at radius 3 is 2.38 bits per heavy atom. The molecule has 0 aliphatic rings. The highest BCUT2D eigenvalue weighted by atomic mass is 32.2. The van der Waals surface area contributed by atoms with Gasteiger partial charge in [-0.2, -0.15) is 21.6 Å². The Balaban J connectivity index is 2.42. The van der Waals surface area contributed by atoms with Crippen LogP contribution in [0, 0.1) is 0 Å². The predicted molar refractivity (Wildman–Crippen MR) is 82.3 cm³/mol. The monoisotopic (exact) mass is 363 g/mol. The molecule has 132 valence electrons. The van der Waals surface area contributed by atoms with Crippen molar-refractivity contribution < 1.29 is 30.5 Å². The van der Waals surface area contributed by atoms with Crippen LogP contribution < -0.4 is 8.92 Å². The van der Waals surface area contributed by atoms with Crippen LogP contribution in [0.15, 0.2) is 30.3 Å². The number of benzene rings is 1. The van der Waals surface area contributed by atoms with E-state index >= 15 is 0 Å². The third kappa shape index (κ3) is 3.89. The molecule has 0 spiro atoms. The van der Waals surface area contributed by atoms with Gasteiger partial charge in [0.2, 0.25) is 5.88 Å². The Bertz CT molecular complexity index is 817. The van der Waals surface area contributed by atoms with Crippen LogP contribution in [0.4, 0.5) is 13.2 Å². The van der Waals surface area contributed by atoms with E-state index in [2.05, 4.69) is 9.17 Å². The molecule has 0 saturated carbocycles. The molecular weight excluding hydrogens is 347 g/mol. The van der Waals surface area contributed by atoms with Crippen LogP contribution in [0.2, 0.25) is 0 Å². The second-order valence-electron chi connectivity index (χ2n) is 5.02. The Hall–Kier alpha value is -2.03. The molecule has 0 atom stereocenters. The molecule has 0 amide bonds. The van der Waals surface area contributed by atoms with Gasteiger partial charge >= 0.3 is 15.6 Å². The van der Waals surface area contributed by atoms with Crippen molar-refractivity contribution in [1.29, 1.82) is 0 Å². The molecule has 0 aliphatic heterocycles. The van der Waals surface area contributed by atoms with Gasteiger partial charge in [-0.1, -0.05) is 26.0 Å². The Morgan fingerprint density at radius 1 is 1.12 bits per heavy atom. The maximum atomic E-state index is 12.4. The fourth-order valence-electron chi connectivity index (χ4n) is 2.04. The van der Waals surface area contributed by atoms with E-state index in [1.54, 1.807) is 18.2 Å². The van der Waals surface area contributed by atoms with Gasteiger partial charge in [0.25, 0.3) is 0 Å². The molecule has 5 nitrogen and oxygen atoms in total. The standard InChI is InChI=1S/C15H16F3NO4S/c1-3-11(4-2)22-12-7-5-6-10-8-9-13(19-14(10)12)23-24(20,21)15(16,17)18/h5-9,11H,3-4H2,1-2H3. The van der Waals surface area contributed by atoms with Crippen LogP contribution >= 0.6 is 0 Å². The van der Waals surface area contributed by atoms with E-state index in [9.17, 15) is 21.6 Å². The second kappa shape index (κ2) is 6.84. The minimum atomic E-state index is -5.77. The summed E-state index contributed by atoms with van der Waals surface area (Å²) in [6.45, 7) is 3.88. The molecule has 24 heavy (non-hydrogen) atoms. The van der Waals surface area contributed by atoms with Gasteiger partial charge < -0.3 is 8.92 Å². The van der Waals surface area contributed by atoms with E-state index in [0.717, 1.165) is 18.9 Å². The van der Waals surface area contributed by atoms with Gasteiger partial charge in [-0.25, -0.2) is 4.98 Å². The number of hydrogen-bond acceptors (Lipinski definition) is 5. The zero-order chi connectivity index (χ0) is 18.0. The van der Waals surface area contributed by atoms with Gasteiger partial charge in [0.15, 0.2) is 0 Å². The number of hydrogen-bond donors (Lipinski definition) is 0. The molecule has 9 heteroatoms. The quantitative estimate of drug-likeness (QED) is 0.573. The van der Waals surface area contributed by atoms with E-state index in [1.807, 2.05) is 13.8 Å². The molecule has 2 aromatic rings. The third-order valence-corrected chi connectivity index (χ3v) is 4.30. The van der Waals surface area contributed by atoms with Crippen molar-refractivity contribution in [2.24, 2.45) is 0 Å². The predicted octanol–water partition coefficient (Wildman–Crippen LogP) is 4.03. The van der Waals surface area contributed by atoms with Gasteiger partial charge in [-0.15, -0.1) is 0 Å². The van der Waals surface area contributed by atoms with E-state index in [-0.39, 0.29) is 11.6 Å². The minimum Gasteiger partial charge on any atom is -0.488 e. The Labute approximate surface area is 137 Å². The summed E-state index contributed by atoms with van der Waals surface area (Å²) in [7, 11) is -5.77. The number of para-hydroxylation sites is 1. The number of rotatable bonds is 6. The molecule has 0 aliphatic carbocycles. The first-order chi connectivity index (χ1) is 11.2. The maximum absolute atomic E-state index is 12.4. The normalized spacial score (nSPS) is 12.6. The number of fused-ring (bicyclic) bond motifs is 1. The van der Waals surface area contributed by atoms with E-state index in [4.69, 9.17) is 4.74 Å². The molecule has 0 bridgehead atoms. The summed E-state index contributed by atoms with van der Waals surface area (Å²) in [4.78, 5) is 3.87. The molecule has 0 unspecified atom stereocenters. The van der Waals surface area contributed by atoms with Crippen molar-refractivity contribution >= 4 is 21.0 Å². The Kier molecular flexibility index (Phi) is 5.22. The Morgan fingerprint density at radius 2 is 1.79 bits per heavy atom. The average Bonchev–Trinajstić information content (AvgIpc) is 2.51. The van der Waals surface area contributed by atoms with Crippen LogP contribution in [0.3, 0.4) is 0 Å². The lowest BCUT2D eigenvalue weighted by Crippen LogP contribution is -2.28. The van der Waals surface area contributed by atoms with Crippen molar-refractivity contribution in [1.82, 2.24) is 4.98 Å². The molecular formula is C15H16F3NO4S. The summed E-state index contributed by atoms with van der Waals surface area (Å²) in [5.74, 6) is -0.309. The van der Waals surface area contributed by atoms with Gasteiger partial charge in [0.05, 0.1) is 6.10 Å². The molecule has 1 aromatic carbocycles. The summed E-state index contributed by atoms with van der Waals surface area (Å²) in [5.41, 5.74) is -5.28. The number of nitrogens with zero attached hydrogens (tertiary/aromatic N) is 1. The number of pyridine rings is 1. The van der Waals surface area contributed by atoms with Crippen LogP contribution in [-0.2, 0) is 10.1 Å². The van der Waals surface area contributed by atoms with Gasteiger partial charge in [-0.3, -0.25) is 0 Å². The highest BCUT2D eigenvalue weighted by molar-refractivity contribution is 7.87. The SMILES string of the molecule is CCC(CC)Oc1cccc2ccc(OS(=O)(=O)C(F)(F)F)nc12. The molecule has 1 aromatic heterocycles. The average molecular weight is 363 g/mol. The minimum absolute atomic E-state index is 0.0825. The number of ether oxygens (including phenoxy) is 1. The second-order valence-corrected chi connectivity index (χ2v) is 6.55. The van der Waals surface area contributed by atoms with Crippen molar-refractivity contribution in [3.8, 4) is 11.6 Å². The fourth-order valence-corrected chi connectivity index (χ4v) is 2.45. The van der Waals surface area contributed by atoms with Gasteiger partial charge in [-0.05, 0) is 25.0 Å². The van der Waals surface area contributed by atoms with Crippen molar-refractivity contribution in [2.45, 2.75) is 38.3 Å². The lowest BCUT2D eigenvalue weighted by atomic mass is 10.2. The first-order valence-electron chi connectivity index (χ1n) is 7.25. The van der Waals surface area contributed by atoms with E-state index < -0.39 is 21.5 Å². The van der Waals surface area contributed by atoms with Crippen LogP contribution in [0.25, 0.3) is 10.9 Å². The maximum Gasteiger partial charge on any atom is 0.534 e. The lowest BCUT2D eigenvalue weighted by molar-refractivity contribution is -0.0501. The molecule has 2 rings (SSSR count).